The van der Waals surface area contributed by atoms with Crippen molar-refractivity contribution in [2.45, 2.75) is 58.7 Å². The summed E-state index contributed by atoms with van der Waals surface area (Å²) in [5.74, 6) is -0.738. The van der Waals surface area contributed by atoms with Crippen LogP contribution >= 0.6 is 0 Å². The molecule has 182 valence electrons. The third-order valence-electron chi connectivity index (χ3n) is 7.11. The molecule has 2 fully saturated rings. The van der Waals surface area contributed by atoms with Gasteiger partial charge in [0.2, 0.25) is 17.7 Å². The predicted molar refractivity (Wildman–Crippen MR) is 118 cm³/mol. The Balaban J connectivity index is 1.64. The van der Waals surface area contributed by atoms with Crippen LogP contribution in [-0.4, -0.2) is 53.2 Å². The molecule has 0 unspecified atom stereocenters. The molecule has 6 nitrogen and oxygen atoms in total. The van der Waals surface area contributed by atoms with Crippen molar-refractivity contribution in [2.24, 2.45) is 17.8 Å². The van der Waals surface area contributed by atoms with E-state index in [1.165, 1.54) is 23.1 Å². The molecule has 0 aromatic heterocycles. The lowest BCUT2D eigenvalue weighted by molar-refractivity contribution is -0.138. The number of likely N-dealkylation sites (N-methyl/N-ethyl adjacent to an activating group) is 1. The molecule has 3 rings (SSSR count). The number of amides is 3. The van der Waals surface area contributed by atoms with E-state index in [0.29, 0.717) is 18.4 Å². The van der Waals surface area contributed by atoms with Gasteiger partial charge < -0.3 is 15.1 Å². The van der Waals surface area contributed by atoms with E-state index in [-0.39, 0.29) is 43.1 Å². The Hall–Kier alpha value is -2.58. The van der Waals surface area contributed by atoms with Gasteiger partial charge in [0.15, 0.2) is 0 Å². The van der Waals surface area contributed by atoms with Gasteiger partial charge >= 0.3 is 6.18 Å². The van der Waals surface area contributed by atoms with Crippen molar-refractivity contribution in [3.8, 4) is 0 Å². The van der Waals surface area contributed by atoms with Crippen LogP contribution in [0.15, 0.2) is 24.3 Å². The first-order valence-corrected chi connectivity index (χ1v) is 11.6. The fraction of sp³-hybridized carbons (Fsp3) is 0.625. The van der Waals surface area contributed by atoms with Gasteiger partial charge in [-0.1, -0.05) is 38.8 Å². The molecule has 1 aliphatic heterocycles. The first kappa shape index (κ1) is 25.1. The van der Waals surface area contributed by atoms with Crippen molar-refractivity contribution >= 4 is 23.4 Å². The molecule has 1 N–H and O–H groups in total. The lowest BCUT2D eigenvalue weighted by atomic mass is 9.77. The lowest BCUT2D eigenvalue weighted by Crippen LogP contribution is -2.46. The van der Waals surface area contributed by atoms with Gasteiger partial charge in [0.05, 0.1) is 23.7 Å². The van der Waals surface area contributed by atoms with Crippen LogP contribution in [0.25, 0.3) is 0 Å². The van der Waals surface area contributed by atoms with Gasteiger partial charge in [-0.3, -0.25) is 14.4 Å². The summed E-state index contributed by atoms with van der Waals surface area (Å²) in [7, 11) is 0. The van der Waals surface area contributed by atoms with Gasteiger partial charge in [0, 0.05) is 25.6 Å². The number of halogens is 3. The second-order valence-corrected chi connectivity index (χ2v) is 9.23. The van der Waals surface area contributed by atoms with E-state index in [9.17, 15) is 27.6 Å². The molecule has 1 saturated carbocycles. The van der Waals surface area contributed by atoms with Crippen molar-refractivity contribution in [1.29, 1.82) is 0 Å². The highest BCUT2D eigenvalue weighted by Gasteiger charge is 2.42. The number of benzene rings is 1. The van der Waals surface area contributed by atoms with Gasteiger partial charge in [-0.05, 0) is 37.3 Å². The van der Waals surface area contributed by atoms with E-state index in [1.807, 2.05) is 4.90 Å². The summed E-state index contributed by atoms with van der Waals surface area (Å²) in [6, 6.07) is 4.84. The smallest absolute Gasteiger partial charge is 0.339 e. The quantitative estimate of drug-likeness (QED) is 0.683. The molecule has 0 bridgehead atoms. The predicted octanol–water partition coefficient (Wildman–Crippen LogP) is 4.17. The zero-order chi connectivity index (χ0) is 24.3. The Morgan fingerprint density at radius 3 is 2.55 bits per heavy atom. The van der Waals surface area contributed by atoms with Crippen molar-refractivity contribution < 1.29 is 27.6 Å². The van der Waals surface area contributed by atoms with E-state index >= 15 is 0 Å². The molecule has 1 heterocycles. The number of nitrogens with one attached hydrogen (secondary N) is 1. The molecule has 4 atom stereocenters. The maximum atomic E-state index is 13.2. The summed E-state index contributed by atoms with van der Waals surface area (Å²) >= 11 is 0. The average Bonchev–Trinajstić information content (AvgIpc) is 3.14. The molecule has 1 saturated heterocycles. The molecular weight excluding hydrogens is 435 g/mol. The number of likely N-dealkylation sites (tertiary alicyclic amines) is 1. The summed E-state index contributed by atoms with van der Waals surface area (Å²) in [4.78, 5) is 41.4. The molecule has 2 aliphatic rings. The first-order chi connectivity index (χ1) is 15.5. The molecule has 3 amide bonds. The zero-order valence-electron chi connectivity index (χ0n) is 19.3. The summed E-state index contributed by atoms with van der Waals surface area (Å²) in [6.45, 7) is 6.22. The zero-order valence-corrected chi connectivity index (χ0v) is 19.3. The van der Waals surface area contributed by atoms with Gasteiger partial charge in [0.1, 0.15) is 0 Å². The molecule has 0 radical (unpaired) electrons. The number of nitrogens with zero attached hydrogens (tertiary/aromatic N) is 2. The van der Waals surface area contributed by atoms with Crippen LogP contribution in [0.1, 0.15) is 52.0 Å². The Morgan fingerprint density at radius 2 is 1.88 bits per heavy atom. The van der Waals surface area contributed by atoms with Gasteiger partial charge in [-0.15, -0.1) is 0 Å². The Morgan fingerprint density at radius 1 is 1.18 bits per heavy atom. The number of anilines is 1. The van der Waals surface area contributed by atoms with E-state index in [1.54, 1.807) is 6.92 Å². The van der Waals surface area contributed by atoms with E-state index in [2.05, 4.69) is 19.2 Å². The molecule has 33 heavy (non-hydrogen) atoms. The highest BCUT2D eigenvalue weighted by atomic mass is 19.4. The summed E-state index contributed by atoms with van der Waals surface area (Å²) in [6.07, 6.45) is -1.38. The standard InChI is InChI=1S/C24H32F3N3O3/c1-4-29(14-21(31)28-19-10-6-5-9-18(19)24(25,26)27)23(33)17-12-22(32)30(13-17)20-11-7-8-15(2)16(20)3/h5-6,9-10,15-17,20H,4,7-8,11-14H2,1-3H3,(H,28,31)/t15-,16-,17+,20+/m0/s1. The van der Waals surface area contributed by atoms with Gasteiger partial charge in [-0.2, -0.15) is 13.2 Å². The third-order valence-corrected chi connectivity index (χ3v) is 7.11. The number of hydrogen-bond donors (Lipinski definition) is 1. The van der Waals surface area contributed by atoms with Crippen LogP contribution in [0.5, 0.6) is 0 Å². The molecule has 1 aromatic rings. The Kier molecular flexibility index (Phi) is 7.69. The van der Waals surface area contributed by atoms with Crippen LogP contribution in [0.3, 0.4) is 0 Å². The van der Waals surface area contributed by atoms with Gasteiger partial charge in [0.25, 0.3) is 0 Å². The fourth-order valence-electron chi connectivity index (χ4n) is 5.02. The minimum atomic E-state index is -4.61. The lowest BCUT2D eigenvalue weighted by Gasteiger charge is -2.40. The molecule has 9 heteroatoms. The van der Waals surface area contributed by atoms with Crippen molar-refractivity contribution in [2.75, 3.05) is 25.0 Å². The van der Waals surface area contributed by atoms with Crippen LogP contribution in [-0.2, 0) is 20.6 Å². The van der Waals surface area contributed by atoms with Crippen LogP contribution in [0.2, 0.25) is 0 Å². The SMILES string of the molecule is CCN(CC(=O)Nc1ccccc1C(F)(F)F)C(=O)[C@@H]1CC(=O)N([C@@H]2CCC[C@H](C)[C@@H]2C)C1. The van der Waals surface area contributed by atoms with Crippen molar-refractivity contribution in [3.05, 3.63) is 29.8 Å². The van der Waals surface area contributed by atoms with Gasteiger partial charge in [-0.25, -0.2) is 0 Å². The number of rotatable bonds is 6. The topological polar surface area (TPSA) is 69.7 Å². The Bertz CT molecular complexity index is 889. The fourth-order valence-corrected chi connectivity index (χ4v) is 5.02. The second kappa shape index (κ2) is 10.1. The maximum absolute atomic E-state index is 13.2. The second-order valence-electron chi connectivity index (χ2n) is 9.23. The highest BCUT2D eigenvalue weighted by Crippen LogP contribution is 2.36. The minimum Gasteiger partial charge on any atom is -0.339 e. The maximum Gasteiger partial charge on any atom is 0.418 e. The molecule has 1 aromatic carbocycles. The minimum absolute atomic E-state index is 0.0427. The Labute approximate surface area is 192 Å². The average molecular weight is 468 g/mol. The number of carbonyl (C=O) groups is 3. The van der Waals surface area contributed by atoms with E-state index in [0.717, 1.165) is 25.3 Å². The van der Waals surface area contributed by atoms with Crippen LogP contribution in [0, 0.1) is 17.8 Å². The van der Waals surface area contributed by atoms with Crippen LogP contribution in [0.4, 0.5) is 18.9 Å². The van der Waals surface area contributed by atoms with Crippen molar-refractivity contribution in [3.63, 3.8) is 0 Å². The largest absolute Gasteiger partial charge is 0.418 e. The van der Waals surface area contributed by atoms with Crippen molar-refractivity contribution in [1.82, 2.24) is 9.80 Å². The number of carbonyl (C=O) groups excluding carboxylic acids is 3. The molecular formula is C24H32F3N3O3. The summed E-state index contributed by atoms with van der Waals surface area (Å²) in [5.41, 5.74) is -1.29. The number of hydrogen-bond acceptors (Lipinski definition) is 3. The third kappa shape index (κ3) is 5.68. The summed E-state index contributed by atoms with van der Waals surface area (Å²) in [5, 5.41) is 2.28. The summed E-state index contributed by atoms with van der Waals surface area (Å²) < 4.78 is 39.6. The number of alkyl halides is 3. The van der Waals surface area contributed by atoms with Crippen LogP contribution < -0.4 is 5.32 Å². The van der Waals surface area contributed by atoms with E-state index in [4.69, 9.17) is 0 Å². The molecule has 0 spiro atoms. The first-order valence-electron chi connectivity index (χ1n) is 11.6. The molecule has 1 aliphatic carbocycles. The monoisotopic (exact) mass is 467 g/mol. The normalized spacial score (nSPS) is 25.8. The van der Waals surface area contributed by atoms with E-state index < -0.39 is 23.6 Å². The number of para-hydroxylation sites is 1. The highest BCUT2D eigenvalue weighted by molar-refractivity contribution is 5.96.